The molecule has 4 aromatic rings. The van der Waals surface area contributed by atoms with Crippen LogP contribution < -0.4 is 19.7 Å². The summed E-state index contributed by atoms with van der Waals surface area (Å²) in [6.07, 6.45) is -0.554. The molecule has 0 aliphatic carbocycles. The van der Waals surface area contributed by atoms with Gasteiger partial charge in [-0.05, 0) is 72.3 Å². The number of anilines is 2. The number of fused-ring (bicyclic) bond motifs is 1. The molecule has 0 fully saturated rings. The van der Waals surface area contributed by atoms with E-state index in [0.717, 1.165) is 11.1 Å². The zero-order valence-corrected chi connectivity index (χ0v) is 20.7. The summed E-state index contributed by atoms with van der Waals surface area (Å²) in [5.74, 6) is 0.543. The van der Waals surface area contributed by atoms with Crippen LogP contribution in [0.3, 0.4) is 0 Å². The minimum absolute atomic E-state index is 0.173. The Bertz CT molecular complexity index is 1430. The first kappa shape index (κ1) is 24.0. The second-order valence-electron chi connectivity index (χ2n) is 8.18. The molecule has 5 nitrogen and oxygen atoms in total. The normalized spacial score (nSPS) is 14.7. The zero-order chi connectivity index (χ0) is 25.2. The molecular weight excluding hydrogens is 502 g/mol. The summed E-state index contributed by atoms with van der Waals surface area (Å²) in [5, 5.41) is 4.37. The van der Waals surface area contributed by atoms with Gasteiger partial charge < -0.3 is 14.8 Å². The molecule has 1 N–H and O–H groups in total. The third kappa shape index (κ3) is 4.70. The highest BCUT2D eigenvalue weighted by atomic mass is 35.5. The highest BCUT2D eigenvalue weighted by Gasteiger charge is 2.34. The van der Waals surface area contributed by atoms with E-state index in [0.29, 0.717) is 38.5 Å². The third-order valence-electron chi connectivity index (χ3n) is 5.93. The molecule has 0 aromatic heterocycles. The van der Waals surface area contributed by atoms with Gasteiger partial charge in [0, 0.05) is 22.0 Å². The quantitative estimate of drug-likeness (QED) is 0.285. The largest absolute Gasteiger partial charge is 0.496 e. The van der Waals surface area contributed by atoms with E-state index in [-0.39, 0.29) is 18.3 Å². The molecule has 5 rings (SSSR count). The molecule has 36 heavy (non-hydrogen) atoms. The summed E-state index contributed by atoms with van der Waals surface area (Å²) in [4.78, 5) is 15.2. The van der Waals surface area contributed by atoms with E-state index in [1.54, 1.807) is 48.4 Å². The van der Waals surface area contributed by atoms with Gasteiger partial charge in [-0.15, -0.1) is 0 Å². The summed E-state index contributed by atoms with van der Waals surface area (Å²) in [6, 6.07) is 23.8. The van der Waals surface area contributed by atoms with Crippen molar-refractivity contribution in [2.24, 2.45) is 0 Å². The van der Waals surface area contributed by atoms with Gasteiger partial charge in [-0.25, -0.2) is 4.39 Å². The van der Waals surface area contributed by atoms with Gasteiger partial charge in [0.05, 0.1) is 17.7 Å². The van der Waals surface area contributed by atoms with Crippen molar-refractivity contribution < 1.29 is 18.7 Å². The fourth-order valence-electron chi connectivity index (χ4n) is 4.18. The maximum atomic E-state index is 13.7. The molecule has 1 aliphatic heterocycles. The third-order valence-corrected chi connectivity index (χ3v) is 6.46. The molecule has 1 atom stereocenters. The Kier molecular flexibility index (Phi) is 6.72. The van der Waals surface area contributed by atoms with Gasteiger partial charge in [-0.1, -0.05) is 41.4 Å². The minimum atomic E-state index is -0.554. The Hall–Kier alpha value is -3.74. The van der Waals surface area contributed by atoms with Crippen LogP contribution in [0.15, 0.2) is 84.9 Å². The lowest BCUT2D eigenvalue weighted by Crippen LogP contribution is -2.43. The number of amides is 1. The molecule has 0 unspecified atom stereocenters. The first-order valence-electron chi connectivity index (χ1n) is 11.1. The number of para-hydroxylation sites is 1. The Labute approximate surface area is 218 Å². The fourth-order valence-corrected chi connectivity index (χ4v) is 4.65. The van der Waals surface area contributed by atoms with Crippen LogP contribution in [0.2, 0.25) is 10.0 Å². The van der Waals surface area contributed by atoms with E-state index in [4.69, 9.17) is 32.7 Å². The van der Waals surface area contributed by atoms with Crippen molar-refractivity contribution in [2.45, 2.75) is 12.8 Å². The SMILES string of the molecule is COc1ccc([C@H]2Nc3ccccc3C(=O)N2c2ccc(F)cc2)cc1COc1ccc(Cl)cc1Cl. The molecule has 182 valence electrons. The summed E-state index contributed by atoms with van der Waals surface area (Å²) < 4.78 is 25.2. The Morgan fingerprint density at radius 1 is 0.944 bits per heavy atom. The second-order valence-corrected chi connectivity index (χ2v) is 9.02. The number of rotatable bonds is 6. The number of benzene rings is 4. The first-order chi connectivity index (χ1) is 17.4. The highest BCUT2D eigenvalue weighted by Crippen LogP contribution is 2.38. The average molecular weight is 523 g/mol. The molecule has 1 heterocycles. The van der Waals surface area contributed by atoms with Crippen LogP contribution in [0.25, 0.3) is 0 Å². The van der Waals surface area contributed by atoms with Crippen molar-refractivity contribution in [3.05, 3.63) is 117 Å². The Balaban J connectivity index is 1.53. The van der Waals surface area contributed by atoms with Crippen LogP contribution >= 0.6 is 23.2 Å². The van der Waals surface area contributed by atoms with E-state index < -0.39 is 6.17 Å². The van der Waals surface area contributed by atoms with E-state index in [2.05, 4.69) is 5.32 Å². The van der Waals surface area contributed by atoms with Crippen LogP contribution in [0.5, 0.6) is 11.5 Å². The van der Waals surface area contributed by atoms with E-state index in [1.165, 1.54) is 12.1 Å². The summed E-state index contributed by atoms with van der Waals surface area (Å²) >= 11 is 12.3. The number of halogens is 3. The molecule has 0 radical (unpaired) electrons. The number of ether oxygens (including phenoxy) is 2. The predicted octanol–water partition coefficient (Wildman–Crippen LogP) is 7.49. The van der Waals surface area contributed by atoms with Gasteiger partial charge in [0.25, 0.3) is 5.91 Å². The van der Waals surface area contributed by atoms with Crippen molar-refractivity contribution in [1.82, 2.24) is 0 Å². The van der Waals surface area contributed by atoms with Gasteiger partial charge >= 0.3 is 0 Å². The van der Waals surface area contributed by atoms with Crippen molar-refractivity contribution in [3.63, 3.8) is 0 Å². The molecule has 0 bridgehead atoms. The van der Waals surface area contributed by atoms with Crippen LogP contribution in [0, 0.1) is 5.82 Å². The molecule has 1 amide bonds. The van der Waals surface area contributed by atoms with Crippen LogP contribution in [0.4, 0.5) is 15.8 Å². The molecule has 1 aliphatic rings. The minimum Gasteiger partial charge on any atom is -0.496 e. The fraction of sp³-hybridized carbons (Fsp3) is 0.107. The highest BCUT2D eigenvalue weighted by molar-refractivity contribution is 6.35. The van der Waals surface area contributed by atoms with Crippen molar-refractivity contribution >= 4 is 40.5 Å². The lowest BCUT2D eigenvalue weighted by Gasteiger charge is -2.38. The molecule has 4 aromatic carbocycles. The number of nitrogens with zero attached hydrogens (tertiary/aromatic N) is 1. The second kappa shape index (κ2) is 10.1. The van der Waals surface area contributed by atoms with E-state index in [9.17, 15) is 9.18 Å². The summed E-state index contributed by atoms with van der Waals surface area (Å²) in [5.41, 5.74) is 3.37. The molecular formula is C28H21Cl2FN2O3. The van der Waals surface area contributed by atoms with Gasteiger partial charge in [0.1, 0.15) is 30.1 Å². The van der Waals surface area contributed by atoms with Crippen molar-refractivity contribution in [3.8, 4) is 11.5 Å². The van der Waals surface area contributed by atoms with Gasteiger partial charge in [0.2, 0.25) is 0 Å². The number of methoxy groups -OCH3 is 1. The molecule has 0 saturated carbocycles. The van der Waals surface area contributed by atoms with Crippen molar-refractivity contribution in [2.75, 3.05) is 17.3 Å². The average Bonchev–Trinajstić information content (AvgIpc) is 2.89. The number of hydrogen-bond donors (Lipinski definition) is 1. The van der Waals surface area contributed by atoms with E-state index in [1.807, 2.05) is 36.4 Å². The van der Waals surface area contributed by atoms with Crippen LogP contribution in [-0.2, 0) is 6.61 Å². The lowest BCUT2D eigenvalue weighted by atomic mass is 10.0. The number of carbonyl (C=O) groups is 1. The Morgan fingerprint density at radius 2 is 1.69 bits per heavy atom. The number of carbonyl (C=O) groups excluding carboxylic acids is 1. The summed E-state index contributed by atoms with van der Waals surface area (Å²) in [6.45, 7) is 0.173. The molecule has 0 saturated heterocycles. The number of hydrogen-bond acceptors (Lipinski definition) is 4. The van der Waals surface area contributed by atoms with Crippen LogP contribution in [0.1, 0.15) is 27.7 Å². The van der Waals surface area contributed by atoms with Gasteiger partial charge in [-0.2, -0.15) is 0 Å². The molecule has 8 heteroatoms. The Morgan fingerprint density at radius 3 is 2.44 bits per heavy atom. The standard InChI is InChI=1S/C28H21Cl2FN2O3/c1-35-25-12-6-17(14-18(25)16-36-26-13-7-19(29)15-23(26)30)27-32-24-5-3-2-4-22(24)28(34)33(27)21-10-8-20(31)9-11-21/h2-15,27,32H,16H2,1H3/t27-/m0/s1. The number of nitrogens with one attached hydrogen (secondary N) is 1. The smallest absolute Gasteiger partial charge is 0.262 e. The van der Waals surface area contributed by atoms with Gasteiger partial charge in [0.15, 0.2) is 0 Å². The zero-order valence-electron chi connectivity index (χ0n) is 19.2. The van der Waals surface area contributed by atoms with E-state index >= 15 is 0 Å². The summed E-state index contributed by atoms with van der Waals surface area (Å²) in [7, 11) is 1.58. The van der Waals surface area contributed by atoms with Gasteiger partial charge in [-0.3, -0.25) is 9.69 Å². The lowest BCUT2D eigenvalue weighted by molar-refractivity contribution is 0.0975. The maximum absolute atomic E-state index is 13.7. The monoisotopic (exact) mass is 522 g/mol. The first-order valence-corrected chi connectivity index (χ1v) is 11.9. The maximum Gasteiger partial charge on any atom is 0.262 e. The van der Waals surface area contributed by atoms with Crippen molar-refractivity contribution in [1.29, 1.82) is 0 Å². The topological polar surface area (TPSA) is 50.8 Å². The predicted molar refractivity (Wildman–Crippen MR) is 140 cm³/mol. The molecule has 0 spiro atoms. The van der Waals surface area contributed by atoms with Crippen LogP contribution in [-0.4, -0.2) is 13.0 Å².